The molecule has 2 aromatic carbocycles. The number of carbonyl (C=O) groups is 1. The highest BCUT2D eigenvalue weighted by atomic mass is 32.2. The third-order valence-electron chi connectivity index (χ3n) is 3.71. The molecule has 0 aromatic heterocycles. The Morgan fingerprint density at radius 1 is 1.11 bits per heavy atom. The first-order valence-electron chi connectivity index (χ1n) is 8.28. The van der Waals surface area contributed by atoms with E-state index in [1.54, 1.807) is 30.3 Å². The second-order valence-electron chi connectivity index (χ2n) is 5.72. The Labute approximate surface area is 160 Å². The van der Waals surface area contributed by atoms with Crippen LogP contribution in [-0.2, 0) is 19.6 Å². The molecule has 0 N–H and O–H groups in total. The fourth-order valence-electron chi connectivity index (χ4n) is 2.23. The van der Waals surface area contributed by atoms with Gasteiger partial charge in [0.2, 0.25) is 10.0 Å². The van der Waals surface area contributed by atoms with Crippen molar-refractivity contribution in [3.63, 3.8) is 0 Å². The van der Waals surface area contributed by atoms with E-state index in [9.17, 15) is 13.2 Å². The van der Waals surface area contributed by atoms with E-state index in [4.69, 9.17) is 0 Å². The van der Waals surface area contributed by atoms with Crippen molar-refractivity contribution in [2.75, 3.05) is 20.2 Å². The summed E-state index contributed by atoms with van der Waals surface area (Å²) in [7, 11) is -2.53. The molecule has 0 radical (unpaired) electrons. The Bertz CT molecular complexity index is 953. The summed E-state index contributed by atoms with van der Waals surface area (Å²) in [6.45, 7) is 1.89. The number of carbonyl (C=O) groups excluding carboxylic acids is 1. The first kappa shape index (κ1) is 20.4. The highest BCUT2D eigenvalue weighted by Crippen LogP contribution is 2.16. The summed E-state index contributed by atoms with van der Waals surface area (Å²) in [5.41, 5.74) is 1.93. The molecular weight excluding hydrogens is 362 g/mol. The average molecular weight is 383 g/mol. The number of sulfonamides is 1. The minimum atomic E-state index is -3.75. The van der Waals surface area contributed by atoms with Gasteiger partial charge < -0.3 is 4.74 Å². The van der Waals surface area contributed by atoms with Gasteiger partial charge in [-0.15, -0.1) is 0 Å². The number of rotatable bonds is 6. The lowest BCUT2D eigenvalue weighted by atomic mass is 10.2. The molecule has 0 unspecified atom stereocenters. The molecule has 2 aromatic rings. The van der Waals surface area contributed by atoms with Gasteiger partial charge in [0, 0.05) is 12.5 Å². The summed E-state index contributed by atoms with van der Waals surface area (Å²) in [5.74, 6) is 4.12. The second kappa shape index (κ2) is 9.72. The van der Waals surface area contributed by atoms with Gasteiger partial charge >= 0.3 is 5.97 Å². The number of nitrogens with zero attached hydrogens (tertiary/aromatic N) is 1. The number of methoxy groups -OCH3 is 1. The zero-order valence-electron chi connectivity index (χ0n) is 15.3. The van der Waals surface area contributed by atoms with Crippen LogP contribution in [0.15, 0.2) is 65.6 Å². The minimum Gasteiger partial charge on any atom is -0.459 e. The molecule has 0 saturated carbocycles. The first-order chi connectivity index (χ1) is 12.9. The van der Waals surface area contributed by atoms with Gasteiger partial charge in [-0.25, -0.2) is 13.2 Å². The second-order valence-corrected chi connectivity index (χ2v) is 7.65. The van der Waals surface area contributed by atoms with Crippen molar-refractivity contribution < 1.29 is 17.9 Å². The Balaban J connectivity index is 2.24. The number of ether oxygens (including phenoxy) is 1. The van der Waals surface area contributed by atoms with Gasteiger partial charge in [0.15, 0.2) is 0 Å². The zero-order valence-corrected chi connectivity index (χ0v) is 16.1. The fraction of sp³-hybridized carbons (Fsp3) is 0.190. The Morgan fingerprint density at radius 2 is 1.78 bits per heavy atom. The van der Waals surface area contributed by atoms with Crippen molar-refractivity contribution in [3.8, 4) is 11.8 Å². The molecule has 0 amide bonds. The fourth-order valence-corrected chi connectivity index (χ4v) is 3.52. The highest BCUT2D eigenvalue weighted by molar-refractivity contribution is 7.89. The molecular formula is C21H21NO4S. The summed E-state index contributed by atoms with van der Waals surface area (Å²) in [4.78, 5) is 11.4. The largest absolute Gasteiger partial charge is 0.459 e. The van der Waals surface area contributed by atoms with Crippen LogP contribution < -0.4 is 0 Å². The summed E-state index contributed by atoms with van der Waals surface area (Å²) in [5, 5.41) is 0. The molecule has 6 heteroatoms. The molecule has 0 atom stereocenters. The topological polar surface area (TPSA) is 63.7 Å². The first-order valence-corrected chi connectivity index (χ1v) is 9.72. The monoisotopic (exact) mass is 383 g/mol. The van der Waals surface area contributed by atoms with Crippen molar-refractivity contribution in [2.24, 2.45) is 0 Å². The van der Waals surface area contributed by atoms with Crippen molar-refractivity contribution in [1.82, 2.24) is 4.31 Å². The van der Waals surface area contributed by atoms with Gasteiger partial charge in [-0.05, 0) is 24.6 Å². The number of hydrogen-bond acceptors (Lipinski definition) is 4. The van der Waals surface area contributed by atoms with E-state index in [0.717, 1.165) is 11.1 Å². The molecule has 0 aliphatic rings. The van der Waals surface area contributed by atoms with Crippen molar-refractivity contribution in [1.29, 1.82) is 0 Å². The van der Waals surface area contributed by atoms with Crippen LogP contribution in [0.2, 0.25) is 0 Å². The maximum atomic E-state index is 12.9. The van der Waals surface area contributed by atoms with E-state index < -0.39 is 16.0 Å². The van der Waals surface area contributed by atoms with E-state index in [1.165, 1.54) is 11.4 Å². The van der Waals surface area contributed by atoms with Gasteiger partial charge in [-0.3, -0.25) is 0 Å². The van der Waals surface area contributed by atoms with Crippen LogP contribution in [0.4, 0.5) is 0 Å². The van der Waals surface area contributed by atoms with Gasteiger partial charge in [0.1, 0.15) is 0 Å². The smallest absolute Gasteiger partial charge is 0.384 e. The highest BCUT2D eigenvalue weighted by Gasteiger charge is 2.22. The van der Waals surface area contributed by atoms with Crippen LogP contribution in [-0.4, -0.2) is 38.9 Å². The SMILES string of the molecule is COC(=O)C#CCN(C/C=C/c1ccccc1)S(=O)(=O)c1ccc(C)cc1. The summed E-state index contributed by atoms with van der Waals surface area (Å²) >= 11 is 0. The Kier molecular flexibility index (Phi) is 7.35. The van der Waals surface area contributed by atoms with E-state index in [0.29, 0.717) is 0 Å². The number of hydrogen-bond donors (Lipinski definition) is 0. The third-order valence-corrected chi connectivity index (χ3v) is 5.53. The predicted molar refractivity (Wildman–Crippen MR) is 105 cm³/mol. The molecule has 2 rings (SSSR count). The summed E-state index contributed by atoms with van der Waals surface area (Å²) in [6.07, 6.45) is 3.59. The predicted octanol–water partition coefficient (Wildman–Crippen LogP) is 2.88. The van der Waals surface area contributed by atoms with E-state index >= 15 is 0 Å². The molecule has 0 aliphatic carbocycles. The van der Waals surface area contributed by atoms with Crippen LogP contribution in [0, 0.1) is 18.8 Å². The summed E-state index contributed by atoms with van der Waals surface area (Å²) in [6, 6.07) is 16.2. The molecule has 0 heterocycles. The molecule has 0 bridgehead atoms. The van der Waals surface area contributed by atoms with Crippen molar-refractivity contribution in [2.45, 2.75) is 11.8 Å². The lowest BCUT2D eigenvalue weighted by Crippen LogP contribution is -2.31. The average Bonchev–Trinajstić information content (AvgIpc) is 2.67. The van der Waals surface area contributed by atoms with Crippen molar-refractivity contribution >= 4 is 22.1 Å². The standard InChI is InChI=1S/C21H21NO4S/c1-18-12-14-20(15-13-18)27(24,25)22(17-7-11-21(23)26-2)16-6-10-19-8-4-3-5-9-19/h3-6,8-10,12-15H,16-17H2,1-2H3/b10-6+. The molecule has 0 saturated heterocycles. The maximum absolute atomic E-state index is 12.9. The molecule has 5 nitrogen and oxygen atoms in total. The van der Waals surface area contributed by atoms with Gasteiger partial charge in [-0.1, -0.05) is 66.1 Å². The zero-order chi connectivity index (χ0) is 19.7. The van der Waals surface area contributed by atoms with Crippen molar-refractivity contribution in [3.05, 3.63) is 71.8 Å². The molecule has 140 valence electrons. The minimum absolute atomic E-state index is 0.121. The number of aryl methyl sites for hydroxylation is 1. The van der Waals surface area contributed by atoms with Crippen LogP contribution in [0.1, 0.15) is 11.1 Å². The number of esters is 1. The molecule has 0 aliphatic heterocycles. The summed E-state index contributed by atoms with van der Waals surface area (Å²) < 4.78 is 31.6. The van der Waals surface area contributed by atoms with E-state index in [1.807, 2.05) is 43.3 Å². The number of benzene rings is 2. The van der Waals surface area contributed by atoms with E-state index in [2.05, 4.69) is 16.6 Å². The van der Waals surface area contributed by atoms with Crippen LogP contribution in [0.3, 0.4) is 0 Å². The lowest BCUT2D eigenvalue weighted by molar-refractivity contribution is -0.133. The molecule has 27 heavy (non-hydrogen) atoms. The third kappa shape index (κ3) is 6.10. The quantitative estimate of drug-likeness (QED) is 0.437. The van der Waals surface area contributed by atoms with Crippen LogP contribution >= 0.6 is 0 Å². The molecule has 0 fully saturated rings. The van der Waals surface area contributed by atoms with Crippen LogP contribution in [0.5, 0.6) is 0 Å². The maximum Gasteiger partial charge on any atom is 0.384 e. The normalized spacial score (nSPS) is 11.2. The van der Waals surface area contributed by atoms with Gasteiger partial charge in [0.25, 0.3) is 0 Å². The van der Waals surface area contributed by atoms with Gasteiger partial charge in [-0.2, -0.15) is 4.31 Å². The van der Waals surface area contributed by atoms with Crippen LogP contribution in [0.25, 0.3) is 6.08 Å². The Morgan fingerprint density at radius 3 is 2.41 bits per heavy atom. The molecule has 0 spiro atoms. The van der Waals surface area contributed by atoms with E-state index in [-0.39, 0.29) is 18.0 Å². The van der Waals surface area contributed by atoms with Gasteiger partial charge in [0.05, 0.1) is 18.6 Å². The lowest BCUT2D eigenvalue weighted by Gasteiger charge is -2.18. The Hall–Kier alpha value is -2.88.